The fourth-order valence-corrected chi connectivity index (χ4v) is 2.44. The molecule has 9 nitrogen and oxygen atoms in total. The molecule has 2 aliphatic heterocycles. The second-order valence-electron chi connectivity index (χ2n) is 4.86. The number of nitrogens with zero attached hydrogens (tertiary/aromatic N) is 6. The SMILES string of the molecule is Cn1cnc2c1c(=O)n(-c1nnc3cccoc1-3)c(=O)n2C. The van der Waals surface area contributed by atoms with E-state index in [0.29, 0.717) is 16.9 Å². The summed E-state index contributed by atoms with van der Waals surface area (Å²) in [5.41, 5.74) is 0.0104. The predicted octanol–water partition coefficient (Wildman–Crippen LogP) is -0.0893. The van der Waals surface area contributed by atoms with Crippen LogP contribution in [0.1, 0.15) is 0 Å². The second kappa shape index (κ2) is 4.13. The van der Waals surface area contributed by atoms with Gasteiger partial charge in [0.25, 0.3) is 5.56 Å². The van der Waals surface area contributed by atoms with Gasteiger partial charge in [-0.15, -0.1) is 10.2 Å². The maximum absolute atomic E-state index is 12.7. The molecule has 0 unspecified atom stereocenters. The Morgan fingerprint density at radius 3 is 2.82 bits per heavy atom. The molecule has 0 spiro atoms. The molecule has 0 aromatic carbocycles. The molecule has 2 aromatic rings. The van der Waals surface area contributed by atoms with Crippen molar-refractivity contribution in [3.05, 3.63) is 45.6 Å². The van der Waals surface area contributed by atoms with Crippen molar-refractivity contribution in [2.75, 3.05) is 0 Å². The molecule has 22 heavy (non-hydrogen) atoms. The average molecular weight is 298 g/mol. The summed E-state index contributed by atoms with van der Waals surface area (Å²) in [6, 6.07) is 3.35. The highest BCUT2D eigenvalue weighted by Crippen LogP contribution is 2.23. The van der Waals surface area contributed by atoms with Crippen LogP contribution in [-0.2, 0) is 14.1 Å². The predicted molar refractivity (Wildman–Crippen MR) is 76.0 cm³/mol. The highest BCUT2D eigenvalue weighted by Gasteiger charge is 2.23. The van der Waals surface area contributed by atoms with Gasteiger partial charge in [-0.1, -0.05) is 0 Å². The summed E-state index contributed by atoms with van der Waals surface area (Å²) in [5.74, 6) is 0.354. The molecule has 0 atom stereocenters. The summed E-state index contributed by atoms with van der Waals surface area (Å²) in [5, 5.41) is 7.85. The summed E-state index contributed by atoms with van der Waals surface area (Å²) in [4.78, 5) is 29.3. The van der Waals surface area contributed by atoms with Gasteiger partial charge in [0.05, 0.1) is 12.6 Å². The number of imidazole rings is 1. The zero-order valence-electron chi connectivity index (χ0n) is 11.7. The molecule has 0 bridgehead atoms. The second-order valence-corrected chi connectivity index (χ2v) is 4.86. The molecule has 0 N–H and O–H groups in total. The maximum atomic E-state index is 12.7. The zero-order valence-corrected chi connectivity index (χ0v) is 11.7. The third-order valence-corrected chi connectivity index (χ3v) is 3.54. The molecule has 0 saturated carbocycles. The first-order valence-electron chi connectivity index (χ1n) is 6.43. The number of rotatable bonds is 1. The first-order chi connectivity index (χ1) is 10.6. The molecular formula is C13H10N6O3. The van der Waals surface area contributed by atoms with Crippen LogP contribution in [-0.4, -0.2) is 28.9 Å². The van der Waals surface area contributed by atoms with Gasteiger partial charge in [0.1, 0.15) is 5.69 Å². The molecule has 0 saturated heterocycles. The van der Waals surface area contributed by atoms with E-state index in [-0.39, 0.29) is 11.6 Å². The quantitative estimate of drug-likeness (QED) is 0.487. The molecule has 0 radical (unpaired) electrons. The van der Waals surface area contributed by atoms with Crippen LogP contribution in [0.5, 0.6) is 0 Å². The molecular weight excluding hydrogens is 288 g/mol. The lowest BCUT2D eigenvalue weighted by Crippen LogP contribution is -2.38. The van der Waals surface area contributed by atoms with E-state index in [1.165, 1.54) is 17.2 Å². The molecule has 4 heterocycles. The molecule has 0 fully saturated rings. The van der Waals surface area contributed by atoms with Gasteiger partial charge in [0, 0.05) is 14.1 Å². The standard InChI is InChI=1S/C13H10N6O3/c1-17-6-14-10-8(17)12(20)19(13(21)18(10)2)11-9-7(15-16-11)4-3-5-22-9/h3-6H,1-2H3. The lowest BCUT2D eigenvalue weighted by atomic mass is 10.3. The third kappa shape index (κ3) is 1.44. The van der Waals surface area contributed by atoms with Crippen molar-refractivity contribution in [2.24, 2.45) is 14.1 Å². The van der Waals surface area contributed by atoms with Crippen molar-refractivity contribution in [1.82, 2.24) is 28.9 Å². The highest BCUT2D eigenvalue weighted by atomic mass is 16.3. The minimum absolute atomic E-state index is 0.0734. The van der Waals surface area contributed by atoms with Crippen molar-refractivity contribution in [2.45, 2.75) is 0 Å². The van der Waals surface area contributed by atoms with Crippen LogP contribution in [0.15, 0.2) is 38.7 Å². The number of hydrogen-bond donors (Lipinski definition) is 0. The number of aryl methyl sites for hydroxylation is 2. The van der Waals surface area contributed by atoms with Crippen LogP contribution in [0.3, 0.4) is 0 Å². The van der Waals surface area contributed by atoms with E-state index in [0.717, 1.165) is 4.57 Å². The van der Waals surface area contributed by atoms with Crippen molar-refractivity contribution in [3.8, 4) is 17.3 Å². The molecule has 9 heteroatoms. The van der Waals surface area contributed by atoms with E-state index < -0.39 is 11.2 Å². The van der Waals surface area contributed by atoms with Gasteiger partial charge in [-0.05, 0) is 12.1 Å². The summed E-state index contributed by atoms with van der Waals surface area (Å²) in [7, 11) is 3.23. The Labute approximate surface area is 122 Å². The molecule has 2 aromatic heterocycles. The number of hydrogen-bond acceptors (Lipinski definition) is 6. The van der Waals surface area contributed by atoms with Crippen molar-refractivity contribution >= 4 is 11.2 Å². The minimum atomic E-state index is -0.558. The molecule has 110 valence electrons. The van der Waals surface area contributed by atoms with Crippen molar-refractivity contribution in [1.29, 1.82) is 0 Å². The zero-order chi connectivity index (χ0) is 15.4. The number of fused-ring (bicyclic) bond motifs is 2. The van der Waals surface area contributed by atoms with Crippen LogP contribution < -0.4 is 11.2 Å². The summed E-state index contributed by atoms with van der Waals surface area (Å²) < 4.78 is 9.15. The molecule has 0 amide bonds. The van der Waals surface area contributed by atoms with Crippen LogP contribution in [0.2, 0.25) is 0 Å². The fourth-order valence-electron chi connectivity index (χ4n) is 2.44. The van der Waals surface area contributed by atoms with Gasteiger partial charge in [-0.2, -0.15) is 0 Å². The summed E-state index contributed by atoms with van der Waals surface area (Å²) >= 11 is 0. The van der Waals surface area contributed by atoms with Gasteiger partial charge in [0.2, 0.25) is 5.82 Å². The Morgan fingerprint density at radius 2 is 2.00 bits per heavy atom. The Hall–Kier alpha value is -3.23. The van der Waals surface area contributed by atoms with Gasteiger partial charge >= 0.3 is 5.69 Å². The maximum Gasteiger partial charge on any atom is 0.338 e. The highest BCUT2D eigenvalue weighted by molar-refractivity contribution is 5.71. The van der Waals surface area contributed by atoms with Crippen molar-refractivity contribution < 1.29 is 4.42 Å². The largest absolute Gasteiger partial charge is 0.459 e. The number of aromatic nitrogens is 6. The van der Waals surface area contributed by atoms with Gasteiger partial charge in [0.15, 0.2) is 16.9 Å². The first kappa shape index (κ1) is 12.5. The summed E-state index contributed by atoms with van der Waals surface area (Å²) in [6.07, 6.45) is 2.92. The van der Waals surface area contributed by atoms with E-state index in [1.54, 1.807) is 30.8 Å². The third-order valence-electron chi connectivity index (χ3n) is 3.54. The molecule has 4 rings (SSSR count). The lowest BCUT2D eigenvalue weighted by molar-refractivity contribution is 0.560. The Balaban J connectivity index is 2.19. The van der Waals surface area contributed by atoms with E-state index in [4.69, 9.17) is 4.42 Å². The molecule has 2 aliphatic rings. The Morgan fingerprint density at radius 1 is 1.18 bits per heavy atom. The van der Waals surface area contributed by atoms with E-state index in [9.17, 15) is 9.59 Å². The Kier molecular flexibility index (Phi) is 2.35. The van der Waals surface area contributed by atoms with E-state index in [1.807, 2.05) is 0 Å². The van der Waals surface area contributed by atoms with E-state index >= 15 is 0 Å². The lowest BCUT2D eigenvalue weighted by Gasteiger charge is -2.06. The van der Waals surface area contributed by atoms with E-state index in [2.05, 4.69) is 15.2 Å². The van der Waals surface area contributed by atoms with Gasteiger partial charge < -0.3 is 8.98 Å². The Bertz CT molecular complexity index is 1100. The fraction of sp³-hybridized carbons (Fsp3) is 0.154. The van der Waals surface area contributed by atoms with Crippen LogP contribution in [0.4, 0.5) is 0 Å². The van der Waals surface area contributed by atoms with Crippen LogP contribution in [0, 0.1) is 0 Å². The topological polar surface area (TPSA) is 101 Å². The van der Waals surface area contributed by atoms with Gasteiger partial charge in [-0.25, -0.2) is 14.3 Å². The molecule has 0 aliphatic carbocycles. The van der Waals surface area contributed by atoms with Crippen LogP contribution >= 0.6 is 0 Å². The normalized spacial score (nSPS) is 11.5. The average Bonchev–Trinajstić information content (AvgIpc) is 3.10. The van der Waals surface area contributed by atoms with Crippen molar-refractivity contribution in [3.63, 3.8) is 0 Å². The van der Waals surface area contributed by atoms with Gasteiger partial charge in [-0.3, -0.25) is 9.36 Å². The minimum Gasteiger partial charge on any atom is -0.459 e. The summed E-state index contributed by atoms with van der Waals surface area (Å²) in [6.45, 7) is 0. The monoisotopic (exact) mass is 298 g/mol. The first-order valence-corrected chi connectivity index (χ1v) is 6.43. The van der Waals surface area contributed by atoms with Crippen LogP contribution in [0.25, 0.3) is 28.4 Å². The smallest absolute Gasteiger partial charge is 0.338 e.